The Morgan fingerprint density at radius 3 is 2.00 bits per heavy atom. The summed E-state index contributed by atoms with van der Waals surface area (Å²) in [7, 11) is -0.468. The van der Waals surface area contributed by atoms with Gasteiger partial charge in [-0.25, -0.2) is 0 Å². The standard InChI is InChI=1S/C2H6OSi.Na.H/c1-2-4-3;;/h4H,2H2,1H3;;. The molecule has 0 radical (unpaired) electrons. The Morgan fingerprint density at radius 1 is 1.80 bits per heavy atom. The van der Waals surface area contributed by atoms with Crippen LogP contribution in [0.4, 0.5) is 0 Å². The van der Waals surface area contributed by atoms with E-state index in [9.17, 15) is 4.46 Å². The monoisotopic (exact) mass is 98.0 g/mol. The van der Waals surface area contributed by atoms with Crippen molar-refractivity contribution in [2.24, 2.45) is 0 Å². The zero-order chi connectivity index (χ0) is 3.41. The zero-order valence-corrected chi connectivity index (χ0v) is 3.85. The SMILES string of the molecule is CC[SiH]=O.[NaH]. The molecule has 0 atom stereocenters. The van der Waals surface area contributed by atoms with Crippen LogP contribution in [-0.4, -0.2) is 39.0 Å². The molecule has 1 nitrogen and oxygen atoms in total. The van der Waals surface area contributed by atoms with E-state index in [1.165, 1.54) is 0 Å². The molecule has 0 aromatic rings. The summed E-state index contributed by atoms with van der Waals surface area (Å²) < 4.78 is 9.38. The topological polar surface area (TPSA) is 17.1 Å². The summed E-state index contributed by atoms with van der Waals surface area (Å²) in [6.07, 6.45) is 0. The average molecular weight is 98.2 g/mol. The van der Waals surface area contributed by atoms with E-state index in [1.807, 2.05) is 6.92 Å². The van der Waals surface area contributed by atoms with Crippen LogP contribution in [0.3, 0.4) is 0 Å². The Balaban J connectivity index is 0. The molecule has 3 heteroatoms. The van der Waals surface area contributed by atoms with E-state index >= 15 is 0 Å². The van der Waals surface area contributed by atoms with Gasteiger partial charge in [-0.05, 0) is 6.04 Å². The second kappa shape index (κ2) is 8.89. The molecule has 0 aromatic heterocycles. The summed E-state index contributed by atoms with van der Waals surface area (Å²) in [5, 5.41) is 0. The van der Waals surface area contributed by atoms with Crippen molar-refractivity contribution < 1.29 is 4.46 Å². The molecule has 0 N–H and O–H groups in total. The van der Waals surface area contributed by atoms with Crippen LogP contribution in [-0.2, 0) is 4.46 Å². The van der Waals surface area contributed by atoms with E-state index in [2.05, 4.69) is 0 Å². The summed E-state index contributed by atoms with van der Waals surface area (Å²) in [6.45, 7) is 1.91. The third kappa shape index (κ3) is 11.2. The van der Waals surface area contributed by atoms with Crippen LogP contribution in [0.5, 0.6) is 0 Å². The minimum atomic E-state index is -0.468. The molecule has 0 saturated carbocycles. The Bertz CT molecular complexity index is 23.6. The Labute approximate surface area is 56.3 Å². The van der Waals surface area contributed by atoms with Crippen LogP contribution < -0.4 is 0 Å². The van der Waals surface area contributed by atoms with Crippen LogP contribution >= 0.6 is 0 Å². The van der Waals surface area contributed by atoms with Gasteiger partial charge in [0.15, 0.2) is 0 Å². The fourth-order valence-electron chi connectivity index (χ4n) is 0. The summed E-state index contributed by atoms with van der Waals surface area (Å²) in [6, 6.07) is 0.847. The van der Waals surface area contributed by atoms with Crippen LogP contribution in [0.15, 0.2) is 0 Å². The van der Waals surface area contributed by atoms with Crippen LogP contribution in [0.1, 0.15) is 6.92 Å². The number of hydrogen-bond acceptors (Lipinski definition) is 1. The molecule has 0 bridgehead atoms. The zero-order valence-electron chi connectivity index (χ0n) is 2.69. The van der Waals surface area contributed by atoms with Crippen molar-refractivity contribution in [1.82, 2.24) is 0 Å². The molecule has 0 aliphatic heterocycles. The number of hydrogen-bond donors (Lipinski definition) is 0. The van der Waals surface area contributed by atoms with Crippen LogP contribution in [0.25, 0.3) is 0 Å². The average Bonchev–Trinajstić information content (AvgIpc) is 1.37. The quantitative estimate of drug-likeness (QED) is 0.406. The first-order valence-electron chi connectivity index (χ1n) is 1.35. The van der Waals surface area contributed by atoms with Crippen molar-refractivity contribution >= 4 is 39.0 Å². The first-order chi connectivity index (χ1) is 1.91. The predicted octanol–water partition coefficient (Wildman–Crippen LogP) is -0.442. The molecule has 0 amide bonds. The molecule has 0 aromatic carbocycles. The maximum atomic E-state index is 9.38. The molecular weight excluding hydrogens is 91.1 g/mol. The van der Waals surface area contributed by atoms with Gasteiger partial charge in [-0.3, -0.25) is 0 Å². The van der Waals surface area contributed by atoms with Crippen LogP contribution in [0, 0.1) is 0 Å². The minimum absolute atomic E-state index is 0. The van der Waals surface area contributed by atoms with Gasteiger partial charge >= 0.3 is 29.6 Å². The fraction of sp³-hybridized carbons (Fsp3) is 1.00. The Morgan fingerprint density at radius 2 is 2.00 bits per heavy atom. The van der Waals surface area contributed by atoms with Gasteiger partial charge in [-0.2, -0.15) is 0 Å². The van der Waals surface area contributed by atoms with Crippen molar-refractivity contribution in [1.29, 1.82) is 0 Å². The van der Waals surface area contributed by atoms with Crippen molar-refractivity contribution in [3.8, 4) is 0 Å². The van der Waals surface area contributed by atoms with Gasteiger partial charge in [0.2, 0.25) is 0 Å². The first kappa shape index (κ1) is 9.39. The molecular formula is C2H7NaOSi. The van der Waals surface area contributed by atoms with E-state index in [-0.39, 0.29) is 29.6 Å². The van der Waals surface area contributed by atoms with Gasteiger partial charge in [0, 0.05) is 0 Å². The molecule has 0 spiro atoms. The second-order valence-electron chi connectivity index (χ2n) is 0.575. The second-order valence-corrected chi connectivity index (χ2v) is 1.72. The van der Waals surface area contributed by atoms with Gasteiger partial charge in [0.05, 0.1) is 0 Å². The molecule has 26 valence electrons. The van der Waals surface area contributed by atoms with Gasteiger partial charge < -0.3 is 4.46 Å². The molecule has 0 saturated heterocycles. The molecule has 0 aliphatic carbocycles. The maximum absolute atomic E-state index is 9.38. The predicted molar refractivity (Wildman–Crippen MR) is 25.5 cm³/mol. The fourth-order valence-corrected chi connectivity index (χ4v) is 0. The van der Waals surface area contributed by atoms with Crippen molar-refractivity contribution in [2.45, 2.75) is 13.0 Å². The van der Waals surface area contributed by atoms with Gasteiger partial charge in [0.25, 0.3) is 9.41 Å². The molecule has 5 heavy (non-hydrogen) atoms. The summed E-state index contributed by atoms with van der Waals surface area (Å²) in [5.41, 5.74) is 0. The summed E-state index contributed by atoms with van der Waals surface area (Å²) in [4.78, 5) is 0. The van der Waals surface area contributed by atoms with Crippen molar-refractivity contribution in [3.63, 3.8) is 0 Å². The van der Waals surface area contributed by atoms with E-state index < -0.39 is 9.41 Å². The van der Waals surface area contributed by atoms with Crippen LogP contribution in [0.2, 0.25) is 6.04 Å². The molecule has 0 aliphatic rings. The Kier molecular flexibility index (Phi) is 16.7. The first-order valence-corrected chi connectivity index (χ1v) is 2.64. The summed E-state index contributed by atoms with van der Waals surface area (Å²) in [5.74, 6) is 0. The van der Waals surface area contributed by atoms with Crippen molar-refractivity contribution in [3.05, 3.63) is 0 Å². The van der Waals surface area contributed by atoms with Gasteiger partial charge in [-0.15, -0.1) is 0 Å². The molecule has 0 fully saturated rings. The third-order valence-corrected chi connectivity index (χ3v) is 0.500. The molecule has 0 rings (SSSR count). The molecule has 0 heterocycles. The van der Waals surface area contributed by atoms with E-state index in [0.29, 0.717) is 0 Å². The van der Waals surface area contributed by atoms with E-state index in [1.54, 1.807) is 0 Å². The molecule has 0 unspecified atom stereocenters. The van der Waals surface area contributed by atoms with Gasteiger partial charge in [-0.1, -0.05) is 6.92 Å². The third-order valence-electron chi connectivity index (χ3n) is 0.167. The van der Waals surface area contributed by atoms with E-state index in [0.717, 1.165) is 6.04 Å². The normalized spacial score (nSPS) is 5.00. The van der Waals surface area contributed by atoms with E-state index in [4.69, 9.17) is 0 Å². The summed E-state index contributed by atoms with van der Waals surface area (Å²) >= 11 is 0. The van der Waals surface area contributed by atoms with Crippen molar-refractivity contribution in [2.75, 3.05) is 0 Å². The number of rotatable bonds is 1. The van der Waals surface area contributed by atoms with Gasteiger partial charge in [0.1, 0.15) is 0 Å². The Hall–Kier alpha value is 1.02.